The molecule has 1 aromatic carbocycles. The Bertz CT molecular complexity index is 535. The number of benzene rings is 1. The number of amides is 1. The van der Waals surface area contributed by atoms with Gasteiger partial charge >= 0.3 is 5.97 Å². The Morgan fingerprint density at radius 2 is 2.28 bits per heavy atom. The maximum atomic E-state index is 11.6. The van der Waals surface area contributed by atoms with E-state index in [1.165, 1.54) is 0 Å². The van der Waals surface area contributed by atoms with E-state index in [1.54, 1.807) is 32.0 Å². The van der Waals surface area contributed by atoms with Crippen LogP contribution < -0.4 is 5.32 Å². The number of hydrogen-bond donors (Lipinski definition) is 1. The smallest absolute Gasteiger partial charge is 0.338 e. The molecular formula is C13H14N2O3. The number of nitrogens with one attached hydrogen (secondary N) is 1. The van der Waals surface area contributed by atoms with Gasteiger partial charge in [-0.25, -0.2) is 4.79 Å². The van der Waals surface area contributed by atoms with Gasteiger partial charge in [-0.15, -0.1) is 0 Å². The van der Waals surface area contributed by atoms with Crippen LogP contribution >= 0.6 is 0 Å². The lowest BCUT2D eigenvalue weighted by molar-refractivity contribution is -0.115. The van der Waals surface area contributed by atoms with Crippen molar-refractivity contribution in [2.75, 3.05) is 11.9 Å². The first-order valence-electron chi connectivity index (χ1n) is 5.75. The second kappa shape index (κ2) is 5.00. The summed E-state index contributed by atoms with van der Waals surface area (Å²) in [4.78, 5) is 27.4. The summed E-state index contributed by atoms with van der Waals surface area (Å²) in [6.07, 6.45) is 0.267. The van der Waals surface area contributed by atoms with Gasteiger partial charge in [0.25, 0.3) is 0 Å². The van der Waals surface area contributed by atoms with Gasteiger partial charge < -0.3 is 10.1 Å². The zero-order chi connectivity index (χ0) is 13.1. The molecule has 0 bridgehead atoms. The lowest BCUT2D eigenvalue weighted by Crippen LogP contribution is -2.12. The topological polar surface area (TPSA) is 67.8 Å². The van der Waals surface area contributed by atoms with E-state index in [4.69, 9.17) is 4.74 Å². The van der Waals surface area contributed by atoms with Crippen molar-refractivity contribution in [3.8, 4) is 0 Å². The molecule has 0 aliphatic carbocycles. The van der Waals surface area contributed by atoms with Crippen molar-refractivity contribution in [2.24, 2.45) is 4.99 Å². The minimum absolute atomic E-state index is 0.0983. The molecule has 0 radical (unpaired) electrons. The summed E-state index contributed by atoms with van der Waals surface area (Å²) < 4.78 is 4.92. The van der Waals surface area contributed by atoms with Crippen LogP contribution in [0.25, 0.3) is 0 Å². The molecule has 2 rings (SSSR count). The lowest BCUT2D eigenvalue weighted by Gasteiger charge is -2.07. The molecule has 0 saturated carbocycles. The van der Waals surface area contributed by atoms with Crippen molar-refractivity contribution >= 4 is 29.0 Å². The maximum absolute atomic E-state index is 11.6. The molecule has 1 aromatic rings. The predicted molar refractivity (Wildman–Crippen MR) is 68.4 cm³/mol. The zero-order valence-electron chi connectivity index (χ0n) is 10.3. The Labute approximate surface area is 105 Å². The Kier molecular flexibility index (Phi) is 3.41. The third kappa shape index (κ3) is 2.56. The third-order valence-corrected chi connectivity index (χ3v) is 2.51. The van der Waals surface area contributed by atoms with Crippen molar-refractivity contribution in [3.63, 3.8) is 0 Å². The van der Waals surface area contributed by atoms with Gasteiger partial charge in [-0.3, -0.25) is 9.79 Å². The van der Waals surface area contributed by atoms with Crippen LogP contribution in [0.15, 0.2) is 23.2 Å². The van der Waals surface area contributed by atoms with Crippen molar-refractivity contribution in [3.05, 3.63) is 23.8 Å². The average Bonchev–Trinajstić information content (AvgIpc) is 2.44. The van der Waals surface area contributed by atoms with E-state index in [2.05, 4.69) is 10.3 Å². The first-order valence-corrected chi connectivity index (χ1v) is 5.75. The summed E-state index contributed by atoms with van der Waals surface area (Å²) in [5.41, 5.74) is 2.35. The van der Waals surface area contributed by atoms with Gasteiger partial charge in [-0.05, 0) is 32.0 Å². The Morgan fingerprint density at radius 1 is 1.50 bits per heavy atom. The lowest BCUT2D eigenvalue weighted by atomic mass is 10.1. The summed E-state index contributed by atoms with van der Waals surface area (Å²) in [5.74, 6) is -0.484. The van der Waals surface area contributed by atoms with Crippen molar-refractivity contribution in [1.29, 1.82) is 0 Å². The standard InChI is InChI=1S/C13H14N2O3/c1-3-18-13(17)9-4-5-10-11(7-9)14-8(2)6-12(16)15-10/h4-5,7H,3,6H2,1-2H3,(H,15,16). The van der Waals surface area contributed by atoms with Gasteiger partial charge in [-0.2, -0.15) is 0 Å². The molecule has 0 unspecified atom stereocenters. The molecule has 1 heterocycles. The molecule has 1 amide bonds. The van der Waals surface area contributed by atoms with Crippen LogP contribution in [0.5, 0.6) is 0 Å². The molecule has 1 aliphatic rings. The van der Waals surface area contributed by atoms with Crippen LogP contribution in [-0.4, -0.2) is 24.2 Å². The highest BCUT2D eigenvalue weighted by molar-refractivity contribution is 6.10. The van der Waals surface area contributed by atoms with E-state index in [9.17, 15) is 9.59 Å². The van der Waals surface area contributed by atoms with Gasteiger partial charge in [0.15, 0.2) is 0 Å². The van der Waals surface area contributed by atoms with Crippen molar-refractivity contribution in [2.45, 2.75) is 20.3 Å². The number of nitrogens with zero attached hydrogens (tertiary/aromatic N) is 1. The number of rotatable bonds is 2. The van der Waals surface area contributed by atoms with Gasteiger partial charge in [-0.1, -0.05) is 0 Å². The highest BCUT2D eigenvalue weighted by Crippen LogP contribution is 2.29. The normalized spacial score (nSPS) is 14.1. The highest BCUT2D eigenvalue weighted by atomic mass is 16.5. The van der Waals surface area contributed by atoms with E-state index < -0.39 is 0 Å². The van der Waals surface area contributed by atoms with Gasteiger partial charge in [0.2, 0.25) is 5.91 Å². The molecule has 5 nitrogen and oxygen atoms in total. The van der Waals surface area contributed by atoms with Gasteiger partial charge in [0, 0.05) is 5.71 Å². The Morgan fingerprint density at radius 3 is 3.00 bits per heavy atom. The maximum Gasteiger partial charge on any atom is 0.338 e. The average molecular weight is 246 g/mol. The van der Waals surface area contributed by atoms with E-state index >= 15 is 0 Å². The number of anilines is 1. The fourth-order valence-electron chi connectivity index (χ4n) is 1.74. The first-order chi connectivity index (χ1) is 8.60. The fraction of sp³-hybridized carbons (Fsp3) is 0.308. The molecular weight excluding hydrogens is 232 g/mol. The van der Waals surface area contributed by atoms with Crippen LogP contribution in [-0.2, 0) is 9.53 Å². The Hall–Kier alpha value is -2.17. The van der Waals surface area contributed by atoms with Crippen LogP contribution in [0, 0.1) is 0 Å². The molecule has 0 aromatic heterocycles. The summed E-state index contributed by atoms with van der Waals surface area (Å²) in [7, 11) is 0. The van der Waals surface area contributed by atoms with Crippen molar-refractivity contribution in [1.82, 2.24) is 0 Å². The van der Waals surface area contributed by atoms with Crippen LogP contribution in [0.1, 0.15) is 30.6 Å². The zero-order valence-corrected chi connectivity index (χ0v) is 10.3. The summed E-state index contributed by atoms with van der Waals surface area (Å²) in [6.45, 7) is 3.87. The molecule has 0 fully saturated rings. The summed E-state index contributed by atoms with van der Waals surface area (Å²) in [5, 5.41) is 2.75. The minimum Gasteiger partial charge on any atom is -0.462 e. The van der Waals surface area contributed by atoms with E-state index in [-0.39, 0.29) is 18.3 Å². The third-order valence-electron chi connectivity index (χ3n) is 2.51. The Balaban J connectivity index is 2.39. The molecule has 5 heteroatoms. The number of carbonyl (C=O) groups is 2. The van der Waals surface area contributed by atoms with Crippen LogP contribution in [0.2, 0.25) is 0 Å². The predicted octanol–water partition coefficient (Wildman–Crippen LogP) is 2.30. The molecule has 0 saturated heterocycles. The number of ether oxygens (including phenoxy) is 1. The largest absolute Gasteiger partial charge is 0.462 e. The molecule has 0 spiro atoms. The van der Waals surface area contributed by atoms with Crippen molar-refractivity contribution < 1.29 is 14.3 Å². The van der Waals surface area contributed by atoms with Gasteiger partial charge in [0.05, 0.1) is 30.0 Å². The number of carbonyl (C=O) groups excluding carboxylic acids is 2. The second-order valence-corrected chi connectivity index (χ2v) is 4.02. The highest BCUT2D eigenvalue weighted by Gasteiger charge is 2.15. The van der Waals surface area contributed by atoms with Gasteiger partial charge in [0.1, 0.15) is 0 Å². The summed E-state index contributed by atoms with van der Waals surface area (Å²) >= 11 is 0. The monoisotopic (exact) mass is 246 g/mol. The minimum atomic E-state index is -0.385. The molecule has 0 atom stereocenters. The molecule has 1 aliphatic heterocycles. The van der Waals surface area contributed by atoms with Crippen LogP contribution in [0.3, 0.4) is 0 Å². The first kappa shape index (κ1) is 12.3. The molecule has 1 N–H and O–H groups in total. The molecule has 18 heavy (non-hydrogen) atoms. The second-order valence-electron chi connectivity index (χ2n) is 4.02. The van der Waals surface area contributed by atoms with E-state index in [0.717, 1.165) is 0 Å². The SMILES string of the molecule is CCOC(=O)c1ccc2c(c1)N=C(C)CC(=O)N2. The number of esters is 1. The fourth-order valence-corrected chi connectivity index (χ4v) is 1.74. The van der Waals surface area contributed by atoms with Crippen LogP contribution in [0.4, 0.5) is 11.4 Å². The quantitative estimate of drug-likeness (QED) is 0.814. The number of aliphatic imine (C=N–C) groups is 1. The molecule has 94 valence electrons. The number of fused-ring (bicyclic) bond motifs is 1. The van der Waals surface area contributed by atoms with E-state index in [1.807, 2.05) is 0 Å². The summed E-state index contributed by atoms with van der Waals surface area (Å²) in [6, 6.07) is 4.91. The van der Waals surface area contributed by atoms with E-state index in [0.29, 0.717) is 29.3 Å². The number of hydrogen-bond acceptors (Lipinski definition) is 4.